The maximum absolute atomic E-state index is 13.4. The first-order valence-electron chi connectivity index (χ1n) is 10.2. The Kier molecular flexibility index (Phi) is 6.67. The first-order chi connectivity index (χ1) is 14.3. The molecule has 30 heavy (non-hydrogen) atoms. The average molecular weight is 410 g/mol. The zero-order chi connectivity index (χ0) is 21.8. The molecule has 3 rings (SSSR count). The molecule has 0 aromatic heterocycles. The molecule has 1 N–H and O–H groups in total. The van der Waals surface area contributed by atoms with Gasteiger partial charge in [0.25, 0.3) is 5.91 Å². The van der Waals surface area contributed by atoms with E-state index in [2.05, 4.69) is 0 Å². The summed E-state index contributed by atoms with van der Waals surface area (Å²) >= 11 is 0. The van der Waals surface area contributed by atoms with E-state index in [4.69, 9.17) is 4.74 Å². The summed E-state index contributed by atoms with van der Waals surface area (Å²) in [6.45, 7) is 3.16. The predicted octanol–water partition coefficient (Wildman–Crippen LogP) is 1.49. The van der Waals surface area contributed by atoms with E-state index in [1.54, 1.807) is 30.2 Å². The summed E-state index contributed by atoms with van der Waals surface area (Å²) in [5.41, 5.74) is 2.03. The van der Waals surface area contributed by atoms with Gasteiger partial charge in [0.1, 0.15) is 11.7 Å². The van der Waals surface area contributed by atoms with Crippen molar-refractivity contribution in [2.24, 2.45) is 5.92 Å². The van der Waals surface area contributed by atoms with E-state index in [9.17, 15) is 14.4 Å². The minimum absolute atomic E-state index is 0.325. The number of nitrogens with zero attached hydrogens (tertiary/aromatic N) is 1. The third-order valence-corrected chi connectivity index (χ3v) is 5.58. The molecule has 2 aromatic rings. The van der Waals surface area contributed by atoms with Crippen molar-refractivity contribution >= 4 is 17.5 Å². The lowest BCUT2D eigenvalue weighted by molar-refractivity contribution is -0.858. The summed E-state index contributed by atoms with van der Waals surface area (Å²) < 4.78 is 5.27. The number of amides is 1. The third-order valence-electron chi connectivity index (χ3n) is 5.58. The standard InChI is InChI=1S/C24H28N2O4/c1-16-15-18(11-12-19(16)30-4)22(27)20-21(17-9-6-5-7-10-17)26(24(29)23(20)28)14-8-13-25(2)3/h5-7,9-12,15,20-21H,8,13-14H2,1-4H3/p+1. The quantitative estimate of drug-likeness (QED) is 0.408. The molecule has 1 aliphatic rings. The molecule has 6 heteroatoms. The highest BCUT2D eigenvalue weighted by Crippen LogP contribution is 2.38. The Balaban J connectivity index is 1.98. The second kappa shape index (κ2) is 9.22. The summed E-state index contributed by atoms with van der Waals surface area (Å²) in [6, 6.07) is 13.9. The average Bonchev–Trinajstić information content (AvgIpc) is 2.98. The summed E-state index contributed by atoms with van der Waals surface area (Å²) in [5.74, 6) is -1.89. The number of carbonyl (C=O) groups is 3. The van der Waals surface area contributed by atoms with E-state index in [-0.39, 0.29) is 5.78 Å². The minimum Gasteiger partial charge on any atom is -0.496 e. The maximum Gasteiger partial charge on any atom is 0.291 e. The van der Waals surface area contributed by atoms with Gasteiger partial charge in [-0.2, -0.15) is 0 Å². The van der Waals surface area contributed by atoms with Gasteiger partial charge < -0.3 is 14.5 Å². The van der Waals surface area contributed by atoms with E-state index in [1.165, 1.54) is 4.90 Å². The third kappa shape index (κ3) is 4.28. The number of hydrogen-bond donors (Lipinski definition) is 1. The Bertz CT molecular complexity index is 939. The van der Waals surface area contributed by atoms with Crippen LogP contribution in [-0.4, -0.2) is 56.7 Å². The molecule has 1 saturated heterocycles. The van der Waals surface area contributed by atoms with Crippen LogP contribution in [0.3, 0.4) is 0 Å². The normalized spacial score (nSPS) is 18.9. The van der Waals surface area contributed by atoms with Gasteiger partial charge in [-0.1, -0.05) is 30.3 Å². The summed E-state index contributed by atoms with van der Waals surface area (Å²) in [6.07, 6.45) is 0.757. The van der Waals surface area contributed by atoms with Crippen LogP contribution >= 0.6 is 0 Å². The zero-order valence-corrected chi connectivity index (χ0v) is 18.0. The molecule has 0 aliphatic carbocycles. The first kappa shape index (κ1) is 21.7. The van der Waals surface area contributed by atoms with Gasteiger partial charge in [0, 0.05) is 18.5 Å². The van der Waals surface area contributed by atoms with Crippen molar-refractivity contribution in [3.05, 3.63) is 65.2 Å². The number of carbonyl (C=O) groups excluding carboxylic acids is 3. The van der Waals surface area contributed by atoms with E-state index in [0.717, 1.165) is 24.1 Å². The van der Waals surface area contributed by atoms with Crippen molar-refractivity contribution in [3.63, 3.8) is 0 Å². The molecule has 2 unspecified atom stereocenters. The molecule has 0 bridgehead atoms. The molecule has 1 heterocycles. The summed E-state index contributed by atoms with van der Waals surface area (Å²) in [7, 11) is 5.66. The molecule has 1 aliphatic heterocycles. The lowest BCUT2D eigenvalue weighted by Crippen LogP contribution is -3.05. The van der Waals surface area contributed by atoms with Crippen molar-refractivity contribution < 1.29 is 24.0 Å². The van der Waals surface area contributed by atoms with Crippen molar-refractivity contribution in [2.45, 2.75) is 19.4 Å². The molecule has 0 saturated carbocycles. The lowest BCUT2D eigenvalue weighted by atomic mass is 9.86. The van der Waals surface area contributed by atoms with Crippen LogP contribution in [0.5, 0.6) is 5.75 Å². The van der Waals surface area contributed by atoms with Gasteiger partial charge in [-0.25, -0.2) is 0 Å². The molecule has 158 valence electrons. The van der Waals surface area contributed by atoms with Crippen LogP contribution < -0.4 is 9.64 Å². The van der Waals surface area contributed by atoms with E-state index in [1.807, 2.05) is 51.4 Å². The maximum atomic E-state index is 13.4. The number of likely N-dealkylation sites (tertiary alicyclic amines) is 1. The van der Waals surface area contributed by atoms with E-state index >= 15 is 0 Å². The van der Waals surface area contributed by atoms with Crippen LogP contribution in [0, 0.1) is 12.8 Å². The van der Waals surface area contributed by atoms with E-state index in [0.29, 0.717) is 17.9 Å². The number of hydrogen-bond acceptors (Lipinski definition) is 4. The summed E-state index contributed by atoms with van der Waals surface area (Å²) in [5, 5.41) is 0. The molecular weight excluding hydrogens is 380 g/mol. The highest BCUT2D eigenvalue weighted by atomic mass is 16.5. The summed E-state index contributed by atoms with van der Waals surface area (Å²) in [4.78, 5) is 42.1. The molecule has 1 fully saturated rings. The van der Waals surface area contributed by atoms with Crippen molar-refractivity contribution in [1.29, 1.82) is 0 Å². The Hall–Kier alpha value is -2.99. The van der Waals surface area contributed by atoms with Crippen LogP contribution in [0.1, 0.15) is 33.9 Å². The Labute approximate surface area is 177 Å². The van der Waals surface area contributed by atoms with E-state index < -0.39 is 23.7 Å². The largest absolute Gasteiger partial charge is 0.496 e. The lowest BCUT2D eigenvalue weighted by Gasteiger charge is -2.27. The number of benzene rings is 2. The fourth-order valence-electron chi connectivity index (χ4n) is 4.06. The fraction of sp³-hybridized carbons (Fsp3) is 0.375. The molecule has 0 radical (unpaired) electrons. The molecule has 6 nitrogen and oxygen atoms in total. The van der Waals surface area contributed by atoms with Crippen molar-refractivity contribution in [2.75, 3.05) is 34.3 Å². The topological polar surface area (TPSA) is 68.1 Å². The minimum atomic E-state index is -1.04. The molecule has 0 spiro atoms. The van der Waals surface area contributed by atoms with Gasteiger partial charge in [-0.05, 0) is 36.2 Å². The Morgan fingerprint density at radius 3 is 2.40 bits per heavy atom. The number of aryl methyl sites for hydroxylation is 1. The zero-order valence-electron chi connectivity index (χ0n) is 18.0. The number of rotatable bonds is 8. The van der Waals surface area contributed by atoms with Gasteiger partial charge >= 0.3 is 0 Å². The monoisotopic (exact) mass is 409 g/mol. The van der Waals surface area contributed by atoms with Gasteiger partial charge in [-0.3, -0.25) is 14.4 Å². The highest BCUT2D eigenvalue weighted by molar-refractivity contribution is 6.44. The SMILES string of the molecule is COc1ccc(C(=O)C2C(=O)C(=O)N(CCC[NH+](C)C)C2c2ccccc2)cc1C. The fourth-order valence-corrected chi connectivity index (χ4v) is 4.06. The Morgan fingerprint density at radius 1 is 1.10 bits per heavy atom. The van der Waals surface area contributed by atoms with Crippen LogP contribution in [0.15, 0.2) is 48.5 Å². The highest BCUT2D eigenvalue weighted by Gasteiger charge is 2.51. The number of nitrogens with one attached hydrogen (secondary N) is 1. The second-order valence-corrected chi connectivity index (χ2v) is 8.06. The van der Waals surface area contributed by atoms with Crippen LogP contribution in [0.25, 0.3) is 0 Å². The van der Waals surface area contributed by atoms with Crippen LogP contribution in [-0.2, 0) is 9.59 Å². The van der Waals surface area contributed by atoms with Crippen LogP contribution in [0.2, 0.25) is 0 Å². The number of Topliss-reactive ketones (excluding diaryl/α,β-unsaturated/α-hetero) is 2. The molecule has 2 aromatic carbocycles. The van der Waals surface area contributed by atoms with Gasteiger partial charge in [0.05, 0.1) is 33.8 Å². The van der Waals surface area contributed by atoms with Crippen molar-refractivity contribution in [3.8, 4) is 5.75 Å². The predicted molar refractivity (Wildman–Crippen MR) is 114 cm³/mol. The Morgan fingerprint density at radius 2 is 1.80 bits per heavy atom. The molecule has 2 atom stereocenters. The van der Waals surface area contributed by atoms with Crippen molar-refractivity contribution in [1.82, 2.24) is 4.90 Å². The van der Waals surface area contributed by atoms with Crippen LogP contribution in [0.4, 0.5) is 0 Å². The number of ketones is 2. The number of methoxy groups -OCH3 is 1. The van der Waals surface area contributed by atoms with Gasteiger partial charge in [-0.15, -0.1) is 0 Å². The smallest absolute Gasteiger partial charge is 0.291 e. The molecule has 1 amide bonds. The second-order valence-electron chi connectivity index (χ2n) is 8.06. The number of ether oxygens (including phenoxy) is 1. The molecular formula is C24H29N2O4+. The van der Waals surface area contributed by atoms with Gasteiger partial charge in [0.15, 0.2) is 5.78 Å². The van der Waals surface area contributed by atoms with Gasteiger partial charge in [0.2, 0.25) is 5.78 Å². The number of quaternary nitrogens is 1. The first-order valence-corrected chi connectivity index (χ1v) is 10.2.